The number of amides is 1. The van der Waals surface area contributed by atoms with E-state index in [0.717, 1.165) is 41.4 Å². The zero-order chi connectivity index (χ0) is 25.2. The lowest BCUT2D eigenvalue weighted by Gasteiger charge is -2.36. The number of anilines is 1. The molecule has 0 saturated carbocycles. The summed E-state index contributed by atoms with van der Waals surface area (Å²) >= 11 is 0. The van der Waals surface area contributed by atoms with Crippen molar-refractivity contribution >= 4 is 11.6 Å². The van der Waals surface area contributed by atoms with Crippen molar-refractivity contribution in [2.24, 2.45) is 0 Å². The summed E-state index contributed by atoms with van der Waals surface area (Å²) < 4.78 is 22.3. The molecule has 2 aliphatic rings. The zero-order valence-electron chi connectivity index (χ0n) is 20.4. The number of rotatable bonds is 6. The van der Waals surface area contributed by atoms with Crippen molar-refractivity contribution in [3.05, 3.63) is 72.3 Å². The van der Waals surface area contributed by atoms with Crippen LogP contribution in [-0.4, -0.2) is 60.5 Å². The number of aromatic nitrogens is 2. The molecule has 3 aromatic carbocycles. The van der Waals surface area contributed by atoms with E-state index in [-0.39, 0.29) is 19.3 Å². The van der Waals surface area contributed by atoms with E-state index >= 15 is 0 Å². The van der Waals surface area contributed by atoms with Gasteiger partial charge in [-0.05, 0) is 31.2 Å². The van der Waals surface area contributed by atoms with Gasteiger partial charge >= 0.3 is 0 Å². The van der Waals surface area contributed by atoms with E-state index < -0.39 is 0 Å². The molecule has 0 atom stereocenters. The van der Waals surface area contributed by atoms with Gasteiger partial charge in [-0.25, -0.2) is 0 Å². The number of aryl methyl sites for hydroxylation is 1. The summed E-state index contributed by atoms with van der Waals surface area (Å²) in [5, 5.41) is 4.12. The van der Waals surface area contributed by atoms with Gasteiger partial charge in [0.1, 0.15) is 5.75 Å². The number of para-hydroxylation sites is 1. The molecule has 188 valence electrons. The molecule has 1 saturated heterocycles. The average molecular weight is 499 g/mol. The molecule has 0 aliphatic carbocycles. The monoisotopic (exact) mass is 498 g/mol. The summed E-state index contributed by atoms with van der Waals surface area (Å²) in [7, 11) is 0. The van der Waals surface area contributed by atoms with Crippen LogP contribution in [0.4, 0.5) is 5.69 Å². The molecule has 37 heavy (non-hydrogen) atoms. The van der Waals surface area contributed by atoms with Crippen LogP contribution in [0.15, 0.2) is 71.3 Å². The van der Waals surface area contributed by atoms with Crippen molar-refractivity contribution in [2.75, 3.05) is 44.5 Å². The van der Waals surface area contributed by atoms with Gasteiger partial charge in [-0.15, -0.1) is 0 Å². The molecule has 9 heteroatoms. The Bertz CT molecular complexity index is 1410. The van der Waals surface area contributed by atoms with E-state index in [1.54, 1.807) is 6.07 Å². The first-order valence-corrected chi connectivity index (χ1v) is 12.2. The number of carbonyl (C=O) groups is 1. The van der Waals surface area contributed by atoms with E-state index in [0.29, 0.717) is 36.1 Å². The van der Waals surface area contributed by atoms with Gasteiger partial charge in [0.25, 0.3) is 11.8 Å². The Balaban J connectivity index is 1.07. The first kappa shape index (κ1) is 22.9. The molecule has 4 aromatic rings. The maximum absolute atomic E-state index is 12.9. The minimum absolute atomic E-state index is 0.0639. The topological polar surface area (TPSA) is 90.2 Å². The SMILES string of the molecule is Cc1ccc(-c2noc(-c3ccccc3OCC(=O)N3CCN(c4ccc5c(c4)OCO5)CC3)n2)cc1. The number of hydrogen-bond acceptors (Lipinski definition) is 8. The van der Waals surface area contributed by atoms with Crippen molar-refractivity contribution in [1.29, 1.82) is 0 Å². The smallest absolute Gasteiger partial charge is 0.262 e. The van der Waals surface area contributed by atoms with E-state index in [2.05, 4.69) is 15.0 Å². The Kier molecular flexibility index (Phi) is 6.10. The molecule has 9 nitrogen and oxygen atoms in total. The van der Waals surface area contributed by atoms with Gasteiger partial charge in [-0.3, -0.25) is 4.79 Å². The first-order chi connectivity index (χ1) is 18.1. The van der Waals surface area contributed by atoms with Gasteiger partial charge in [0.05, 0.1) is 5.56 Å². The third kappa shape index (κ3) is 4.80. The largest absolute Gasteiger partial charge is 0.483 e. The van der Waals surface area contributed by atoms with Crippen LogP contribution in [0, 0.1) is 6.92 Å². The zero-order valence-corrected chi connectivity index (χ0v) is 20.4. The van der Waals surface area contributed by atoms with Crippen molar-refractivity contribution in [3.63, 3.8) is 0 Å². The van der Waals surface area contributed by atoms with E-state index in [1.165, 1.54) is 0 Å². The highest BCUT2D eigenvalue weighted by Crippen LogP contribution is 2.36. The predicted molar refractivity (Wildman–Crippen MR) is 137 cm³/mol. The van der Waals surface area contributed by atoms with Crippen LogP contribution < -0.4 is 19.1 Å². The summed E-state index contributed by atoms with van der Waals surface area (Å²) in [6.07, 6.45) is 0. The Morgan fingerprint density at radius 2 is 1.73 bits per heavy atom. The first-order valence-electron chi connectivity index (χ1n) is 12.2. The summed E-state index contributed by atoms with van der Waals surface area (Å²) in [6, 6.07) is 21.2. The van der Waals surface area contributed by atoms with E-state index in [4.69, 9.17) is 18.7 Å². The van der Waals surface area contributed by atoms with Crippen LogP contribution in [0.1, 0.15) is 5.56 Å². The molecule has 6 rings (SSSR count). The van der Waals surface area contributed by atoms with Crippen LogP contribution in [0.25, 0.3) is 22.8 Å². The van der Waals surface area contributed by atoms with Gasteiger partial charge in [0.15, 0.2) is 18.1 Å². The third-order valence-electron chi connectivity index (χ3n) is 6.56. The Morgan fingerprint density at radius 1 is 0.946 bits per heavy atom. The lowest BCUT2D eigenvalue weighted by Crippen LogP contribution is -2.50. The number of hydrogen-bond donors (Lipinski definition) is 0. The fourth-order valence-electron chi connectivity index (χ4n) is 4.45. The molecule has 0 radical (unpaired) electrons. The highest BCUT2D eigenvalue weighted by Gasteiger charge is 2.24. The van der Waals surface area contributed by atoms with Gasteiger partial charge in [0, 0.05) is 43.5 Å². The molecule has 1 amide bonds. The molecular weight excluding hydrogens is 472 g/mol. The van der Waals surface area contributed by atoms with Crippen LogP contribution in [0.5, 0.6) is 17.2 Å². The van der Waals surface area contributed by atoms with Crippen LogP contribution in [0.2, 0.25) is 0 Å². The van der Waals surface area contributed by atoms with Crippen LogP contribution in [-0.2, 0) is 4.79 Å². The van der Waals surface area contributed by atoms with Crippen molar-refractivity contribution in [3.8, 4) is 40.1 Å². The number of piperazine rings is 1. The Morgan fingerprint density at radius 3 is 2.57 bits per heavy atom. The minimum Gasteiger partial charge on any atom is -0.483 e. The highest BCUT2D eigenvalue weighted by molar-refractivity contribution is 5.78. The normalized spacial score (nSPS) is 14.6. The maximum Gasteiger partial charge on any atom is 0.262 e. The molecule has 0 N–H and O–H groups in total. The third-order valence-corrected chi connectivity index (χ3v) is 6.56. The lowest BCUT2D eigenvalue weighted by molar-refractivity contribution is -0.133. The molecule has 0 unspecified atom stereocenters. The quantitative estimate of drug-likeness (QED) is 0.391. The molecule has 0 spiro atoms. The fraction of sp³-hybridized carbons (Fsp3) is 0.250. The van der Waals surface area contributed by atoms with Gasteiger partial charge < -0.3 is 28.5 Å². The predicted octanol–water partition coefficient (Wildman–Crippen LogP) is 4.17. The van der Waals surface area contributed by atoms with E-state index in [9.17, 15) is 4.79 Å². The van der Waals surface area contributed by atoms with Crippen LogP contribution in [0.3, 0.4) is 0 Å². The number of benzene rings is 3. The molecule has 2 aliphatic heterocycles. The fourth-order valence-corrected chi connectivity index (χ4v) is 4.45. The average Bonchev–Trinajstić information content (AvgIpc) is 3.62. The molecule has 1 fully saturated rings. The second-order valence-electron chi connectivity index (χ2n) is 8.98. The Labute approximate surface area is 214 Å². The molecule has 0 bridgehead atoms. The van der Waals surface area contributed by atoms with Gasteiger partial charge in [-0.1, -0.05) is 47.1 Å². The number of carbonyl (C=O) groups excluding carboxylic acids is 1. The van der Waals surface area contributed by atoms with Crippen molar-refractivity contribution in [2.45, 2.75) is 6.92 Å². The minimum atomic E-state index is -0.0695. The Hall–Kier alpha value is -4.53. The molecular formula is C28H26N4O5. The summed E-state index contributed by atoms with van der Waals surface area (Å²) in [5.74, 6) is 2.83. The summed E-state index contributed by atoms with van der Waals surface area (Å²) in [4.78, 5) is 21.5. The lowest BCUT2D eigenvalue weighted by atomic mass is 10.1. The summed E-state index contributed by atoms with van der Waals surface area (Å²) in [6.45, 7) is 4.89. The van der Waals surface area contributed by atoms with Crippen molar-refractivity contribution in [1.82, 2.24) is 15.0 Å². The maximum atomic E-state index is 12.9. The highest BCUT2D eigenvalue weighted by atomic mass is 16.7. The molecule has 1 aromatic heterocycles. The number of nitrogens with zero attached hydrogens (tertiary/aromatic N) is 4. The standard InChI is InChI=1S/C28H26N4O5/c1-19-6-8-20(9-7-19)27-29-28(37-30-27)22-4-2-3-5-23(22)34-17-26(33)32-14-12-31(13-15-32)21-10-11-24-25(16-21)36-18-35-24/h2-11,16H,12-15,17-18H2,1H3. The van der Waals surface area contributed by atoms with Gasteiger partial charge in [-0.2, -0.15) is 4.98 Å². The number of ether oxygens (including phenoxy) is 3. The second kappa shape index (κ2) is 9.85. The molecule has 3 heterocycles. The number of fused-ring (bicyclic) bond motifs is 1. The van der Waals surface area contributed by atoms with E-state index in [1.807, 2.05) is 72.5 Å². The van der Waals surface area contributed by atoms with Crippen molar-refractivity contribution < 1.29 is 23.5 Å². The van der Waals surface area contributed by atoms with Gasteiger partial charge in [0.2, 0.25) is 12.6 Å². The van der Waals surface area contributed by atoms with Crippen LogP contribution >= 0.6 is 0 Å². The second-order valence-corrected chi connectivity index (χ2v) is 8.98. The summed E-state index contributed by atoms with van der Waals surface area (Å²) in [5.41, 5.74) is 3.74.